The third-order valence-corrected chi connectivity index (χ3v) is 2.39. The van der Waals surface area contributed by atoms with Gasteiger partial charge in [-0.1, -0.05) is 15.9 Å². The van der Waals surface area contributed by atoms with Crippen molar-refractivity contribution in [3.63, 3.8) is 0 Å². The van der Waals surface area contributed by atoms with Gasteiger partial charge in [0.1, 0.15) is 0 Å². The maximum atomic E-state index is 13.2. The van der Waals surface area contributed by atoms with E-state index in [-0.39, 0.29) is 12.2 Å². The maximum Gasteiger partial charge on any atom is 0.341 e. The lowest BCUT2D eigenvalue weighted by molar-refractivity contribution is 0.0519. The molecule has 0 radical (unpaired) electrons. The monoisotopic (exact) mass is 278 g/mol. The molecule has 0 atom stereocenters. The van der Waals surface area contributed by atoms with Gasteiger partial charge in [-0.05, 0) is 24.6 Å². The quantitative estimate of drug-likeness (QED) is 0.628. The minimum atomic E-state index is -1.17. The van der Waals surface area contributed by atoms with Crippen molar-refractivity contribution >= 4 is 21.9 Å². The van der Waals surface area contributed by atoms with Crippen LogP contribution < -0.4 is 0 Å². The normalized spacial score (nSPS) is 10.1. The highest BCUT2D eigenvalue weighted by Crippen LogP contribution is 2.17. The molecular weight excluding hydrogens is 270 g/mol. The van der Waals surface area contributed by atoms with Crippen LogP contribution in [0, 0.1) is 11.6 Å². The Labute approximate surface area is 94.4 Å². The van der Waals surface area contributed by atoms with E-state index in [1.165, 1.54) is 6.07 Å². The summed E-state index contributed by atoms with van der Waals surface area (Å²) in [5.41, 5.74) is 0.114. The first kappa shape index (κ1) is 12.1. The van der Waals surface area contributed by atoms with E-state index in [0.29, 0.717) is 10.9 Å². The predicted molar refractivity (Wildman–Crippen MR) is 54.9 cm³/mol. The van der Waals surface area contributed by atoms with E-state index in [1.807, 2.05) is 0 Å². The smallest absolute Gasteiger partial charge is 0.341 e. The zero-order valence-electron chi connectivity index (χ0n) is 8.02. The standard InChI is InChI=1S/C10H9BrF2O2/c1-2-15-10(14)7-3-6(5-11)4-8(12)9(7)13/h3-4H,2,5H2,1H3. The Morgan fingerprint density at radius 2 is 2.13 bits per heavy atom. The molecule has 0 spiro atoms. The second-order valence-electron chi connectivity index (χ2n) is 2.79. The van der Waals surface area contributed by atoms with Gasteiger partial charge in [0, 0.05) is 5.33 Å². The van der Waals surface area contributed by atoms with Crippen LogP contribution in [0.5, 0.6) is 0 Å². The molecule has 0 aliphatic carbocycles. The van der Waals surface area contributed by atoms with Gasteiger partial charge in [-0.15, -0.1) is 0 Å². The van der Waals surface area contributed by atoms with E-state index in [9.17, 15) is 13.6 Å². The summed E-state index contributed by atoms with van der Waals surface area (Å²) in [6.45, 7) is 1.72. The molecule has 0 aliphatic heterocycles. The van der Waals surface area contributed by atoms with Crippen molar-refractivity contribution in [3.8, 4) is 0 Å². The van der Waals surface area contributed by atoms with Gasteiger partial charge in [0.2, 0.25) is 0 Å². The van der Waals surface area contributed by atoms with E-state index >= 15 is 0 Å². The maximum absolute atomic E-state index is 13.2. The number of benzene rings is 1. The van der Waals surface area contributed by atoms with Crippen molar-refractivity contribution < 1.29 is 18.3 Å². The van der Waals surface area contributed by atoms with Crippen LogP contribution in [0.15, 0.2) is 12.1 Å². The third-order valence-electron chi connectivity index (χ3n) is 1.74. The summed E-state index contributed by atoms with van der Waals surface area (Å²) in [7, 11) is 0. The van der Waals surface area contributed by atoms with Crippen molar-refractivity contribution in [1.82, 2.24) is 0 Å². The Bertz CT molecular complexity index is 380. The Balaban J connectivity index is 3.15. The molecular formula is C10H9BrF2O2. The number of hydrogen-bond acceptors (Lipinski definition) is 2. The molecule has 0 unspecified atom stereocenters. The summed E-state index contributed by atoms with van der Waals surface area (Å²) in [6, 6.07) is 2.30. The van der Waals surface area contributed by atoms with Gasteiger partial charge in [-0.25, -0.2) is 13.6 Å². The number of hydrogen-bond donors (Lipinski definition) is 0. The topological polar surface area (TPSA) is 26.3 Å². The zero-order valence-corrected chi connectivity index (χ0v) is 9.61. The Morgan fingerprint density at radius 3 is 2.67 bits per heavy atom. The van der Waals surface area contributed by atoms with Crippen LogP contribution in [-0.2, 0) is 10.1 Å². The van der Waals surface area contributed by atoms with Crippen LogP contribution in [0.3, 0.4) is 0 Å². The fraction of sp³-hybridized carbons (Fsp3) is 0.300. The number of rotatable bonds is 3. The largest absolute Gasteiger partial charge is 0.462 e. The molecule has 2 nitrogen and oxygen atoms in total. The molecule has 0 aliphatic rings. The van der Waals surface area contributed by atoms with Crippen molar-refractivity contribution in [2.75, 3.05) is 6.61 Å². The van der Waals surface area contributed by atoms with Crippen LogP contribution in [0.25, 0.3) is 0 Å². The summed E-state index contributed by atoms with van der Waals surface area (Å²) in [6.07, 6.45) is 0. The molecule has 0 saturated heterocycles. The van der Waals surface area contributed by atoms with Gasteiger partial charge >= 0.3 is 5.97 Å². The SMILES string of the molecule is CCOC(=O)c1cc(CBr)cc(F)c1F. The molecule has 5 heteroatoms. The van der Waals surface area contributed by atoms with Gasteiger partial charge < -0.3 is 4.74 Å². The number of alkyl halides is 1. The molecule has 1 aromatic rings. The minimum absolute atomic E-state index is 0.123. The average molecular weight is 279 g/mol. The summed E-state index contributed by atoms with van der Waals surface area (Å²) >= 11 is 3.10. The van der Waals surface area contributed by atoms with Gasteiger partial charge in [-0.3, -0.25) is 0 Å². The molecule has 1 aromatic carbocycles. The van der Waals surface area contributed by atoms with E-state index < -0.39 is 17.6 Å². The molecule has 0 fully saturated rings. The first-order valence-corrected chi connectivity index (χ1v) is 5.43. The molecule has 15 heavy (non-hydrogen) atoms. The van der Waals surface area contributed by atoms with Crippen LogP contribution >= 0.6 is 15.9 Å². The molecule has 0 aromatic heterocycles. The first-order valence-electron chi connectivity index (χ1n) is 4.31. The molecule has 0 amide bonds. The summed E-state index contributed by atoms with van der Waals surface area (Å²) in [5.74, 6) is -3.06. The summed E-state index contributed by atoms with van der Waals surface area (Å²) in [5, 5.41) is 0.344. The summed E-state index contributed by atoms with van der Waals surface area (Å²) in [4.78, 5) is 11.2. The number of halogens is 3. The van der Waals surface area contributed by atoms with Crippen molar-refractivity contribution in [1.29, 1.82) is 0 Å². The Morgan fingerprint density at radius 1 is 1.47 bits per heavy atom. The van der Waals surface area contributed by atoms with E-state index in [0.717, 1.165) is 6.07 Å². The Hall–Kier alpha value is -0.970. The van der Waals surface area contributed by atoms with Crippen LogP contribution in [0.1, 0.15) is 22.8 Å². The molecule has 0 bridgehead atoms. The molecule has 0 heterocycles. The second kappa shape index (κ2) is 5.21. The second-order valence-corrected chi connectivity index (χ2v) is 3.35. The molecule has 82 valence electrons. The Kier molecular flexibility index (Phi) is 4.20. The highest BCUT2D eigenvalue weighted by atomic mass is 79.9. The fourth-order valence-corrected chi connectivity index (χ4v) is 1.40. The fourth-order valence-electron chi connectivity index (χ4n) is 1.08. The molecule has 0 saturated carbocycles. The van der Waals surface area contributed by atoms with Crippen LogP contribution in [-0.4, -0.2) is 12.6 Å². The lowest BCUT2D eigenvalue weighted by Crippen LogP contribution is -2.09. The predicted octanol–water partition coefficient (Wildman–Crippen LogP) is 3.04. The molecule has 0 N–H and O–H groups in total. The first-order chi connectivity index (χ1) is 7.10. The summed E-state index contributed by atoms with van der Waals surface area (Å²) < 4.78 is 30.8. The average Bonchev–Trinajstić information content (AvgIpc) is 2.22. The van der Waals surface area contributed by atoms with Gasteiger partial charge in [0.25, 0.3) is 0 Å². The van der Waals surface area contributed by atoms with Crippen LogP contribution in [0.2, 0.25) is 0 Å². The lowest BCUT2D eigenvalue weighted by Gasteiger charge is -2.05. The number of carbonyl (C=O) groups excluding carboxylic acids is 1. The van der Waals surface area contributed by atoms with E-state index in [4.69, 9.17) is 0 Å². The molecule has 1 rings (SSSR count). The highest BCUT2D eigenvalue weighted by Gasteiger charge is 2.17. The number of esters is 1. The highest BCUT2D eigenvalue weighted by molar-refractivity contribution is 9.08. The van der Waals surface area contributed by atoms with Gasteiger partial charge in [-0.2, -0.15) is 0 Å². The van der Waals surface area contributed by atoms with Gasteiger partial charge in [0.05, 0.1) is 12.2 Å². The number of ether oxygens (including phenoxy) is 1. The van der Waals surface area contributed by atoms with E-state index in [2.05, 4.69) is 20.7 Å². The third kappa shape index (κ3) is 2.75. The zero-order chi connectivity index (χ0) is 11.4. The minimum Gasteiger partial charge on any atom is -0.462 e. The lowest BCUT2D eigenvalue weighted by atomic mass is 10.1. The van der Waals surface area contributed by atoms with Crippen molar-refractivity contribution in [3.05, 3.63) is 34.9 Å². The van der Waals surface area contributed by atoms with Crippen molar-refractivity contribution in [2.45, 2.75) is 12.3 Å². The van der Waals surface area contributed by atoms with Crippen molar-refractivity contribution in [2.24, 2.45) is 0 Å². The van der Waals surface area contributed by atoms with Crippen LogP contribution in [0.4, 0.5) is 8.78 Å². The van der Waals surface area contributed by atoms with E-state index in [1.54, 1.807) is 6.92 Å². The van der Waals surface area contributed by atoms with Gasteiger partial charge in [0.15, 0.2) is 11.6 Å². The number of carbonyl (C=O) groups is 1.